The van der Waals surface area contributed by atoms with Crippen LogP contribution in [-0.4, -0.2) is 44.1 Å². The number of carbonyl (C=O) groups excluding carboxylic acids is 1. The molecule has 0 radical (unpaired) electrons. The largest absolute Gasteiger partial charge is 1.00 e. The summed E-state index contributed by atoms with van der Waals surface area (Å²) >= 11 is 5.97. The summed E-state index contributed by atoms with van der Waals surface area (Å²) < 4.78 is 5.19. The molecule has 0 unspecified atom stereocenters. The van der Waals surface area contributed by atoms with E-state index >= 15 is 0 Å². The van der Waals surface area contributed by atoms with Crippen molar-refractivity contribution < 1.29 is 26.8 Å². The molecule has 1 amide bonds. The number of carbonyl (C=O) groups is 1. The van der Waals surface area contributed by atoms with Crippen molar-refractivity contribution in [2.45, 2.75) is 0 Å². The average Bonchev–Trinajstić information content (AvgIpc) is 2.61. The third kappa shape index (κ3) is 4.20. The zero-order chi connectivity index (χ0) is 16.2. The molecule has 1 saturated heterocycles. The Bertz CT molecular complexity index is 684. The van der Waals surface area contributed by atoms with Crippen molar-refractivity contribution >= 4 is 23.2 Å². The van der Waals surface area contributed by atoms with Gasteiger partial charge in [0.05, 0.1) is 33.3 Å². The Balaban J connectivity index is 0.00000208. The lowest BCUT2D eigenvalue weighted by Crippen LogP contribution is -3.10. The van der Waals surface area contributed by atoms with Crippen LogP contribution in [0, 0.1) is 0 Å². The van der Waals surface area contributed by atoms with Crippen molar-refractivity contribution in [1.82, 2.24) is 4.90 Å². The fraction of sp³-hybridized carbons (Fsp3) is 0.278. The van der Waals surface area contributed by atoms with Crippen LogP contribution >= 0.6 is 11.6 Å². The fourth-order valence-electron chi connectivity index (χ4n) is 2.90. The number of methoxy groups -OCH3 is 1. The SMILES string of the molecule is COc1ccc([NH+]2CCN(C(=O)c3cccc(Cl)c3)CC2)cc1.[Cl-]. The van der Waals surface area contributed by atoms with Gasteiger partial charge in [0.2, 0.25) is 0 Å². The van der Waals surface area contributed by atoms with E-state index in [9.17, 15) is 4.79 Å². The van der Waals surface area contributed by atoms with Crippen LogP contribution in [-0.2, 0) is 0 Å². The number of quaternary nitrogens is 1. The first-order valence-electron chi connectivity index (χ1n) is 7.71. The number of benzene rings is 2. The molecule has 2 aromatic rings. The van der Waals surface area contributed by atoms with Gasteiger partial charge in [0.15, 0.2) is 0 Å². The molecule has 128 valence electrons. The summed E-state index contributed by atoms with van der Waals surface area (Å²) in [7, 11) is 1.67. The van der Waals surface area contributed by atoms with E-state index < -0.39 is 0 Å². The van der Waals surface area contributed by atoms with Crippen LogP contribution in [0.15, 0.2) is 48.5 Å². The van der Waals surface area contributed by atoms with E-state index in [1.807, 2.05) is 29.2 Å². The molecular formula is C18H20Cl2N2O2. The van der Waals surface area contributed by atoms with Gasteiger partial charge in [0, 0.05) is 22.7 Å². The molecule has 3 rings (SSSR count). The second-order valence-electron chi connectivity index (χ2n) is 5.63. The minimum atomic E-state index is 0. The molecule has 24 heavy (non-hydrogen) atoms. The predicted octanol–water partition coefficient (Wildman–Crippen LogP) is -0.975. The molecule has 1 N–H and O–H groups in total. The molecule has 1 heterocycles. The third-order valence-corrected chi connectivity index (χ3v) is 4.46. The molecule has 0 bridgehead atoms. The van der Waals surface area contributed by atoms with Gasteiger partial charge >= 0.3 is 0 Å². The Hall–Kier alpha value is -1.75. The fourth-order valence-corrected chi connectivity index (χ4v) is 3.09. The smallest absolute Gasteiger partial charge is 0.254 e. The Kier molecular flexibility index (Phi) is 6.49. The number of rotatable bonds is 3. The standard InChI is InChI=1S/C18H19ClN2O2.ClH/c1-23-17-7-5-16(6-8-17)20-9-11-21(12-10-20)18(22)14-3-2-4-15(19)13-14;/h2-8,13H,9-12H2,1H3;1H. The summed E-state index contributed by atoms with van der Waals surface area (Å²) in [5, 5.41) is 0.596. The number of hydrogen-bond donors (Lipinski definition) is 1. The van der Waals surface area contributed by atoms with Crippen molar-refractivity contribution in [2.24, 2.45) is 0 Å². The van der Waals surface area contributed by atoms with Crippen molar-refractivity contribution in [1.29, 1.82) is 0 Å². The van der Waals surface area contributed by atoms with Gasteiger partial charge in [-0.3, -0.25) is 9.69 Å². The highest BCUT2D eigenvalue weighted by Gasteiger charge is 2.25. The molecule has 1 fully saturated rings. The molecule has 0 aliphatic carbocycles. The molecule has 0 saturated carbocycles. The van der Waals surface area contributed by atoms with Crippen LogP contribution in [0.3, 0.4) is 0 Å². The Labute approximate surface area is 153 Å². The van der Waals surface area contributed by atoms with E-state index in [2.05, 4.69) is 12.1 Å². The van der Waals surface area contributed by atoms with Crippen LogP contribution in [0.5, 0.6) is 5.75 Å². The number of nitrogens with zero attached hydrogens (tertiary/aromatic N) is 1. The van der Waals surface area contributed by atoms with Gasteiger partial charge in [-0.15, -0.1) is 0 Å². The first-order chi connectivity index (χ1) is 11.2. The summed E-state index contributed by atoms with van der Waals surface area (Å²) in [5.41, 5.74) is 1.89. The van der Waals surface area contributed by atoms with Gasteiger partial charge in [-0.2, -0.15) is 0 Å². The van der Waals surface area contributed by atoms with Crippen LogP contribution in [0.2, 0.25) is 5.02 Å². The van der Waals surface area contributed by atoms with E-state index in [1.54, 1.807) is 19.2 Å². The van der Waals surface area contributed by atoms with Crippen LogP contribution < -0.4 is 22.0 Å². The van der Waals surface area contributed by atoms with E-state index in [4.69, 9.17) is 16.3 Å². The van der Waals surface area contributed by atoms with Gasteiger partial charge in [-0.25, -0.2) is 0 Å². The topological polar surface area (TPSA) is 34.0 Å². The summed E-state index contributed by atoms with van der Waals surface area (Å²) in [4.78, 5) is 15.8. The van der Waals surface area contributed by atoms with Crippen LogP contribution in [0.4, 0.5) is 5.69 Å². The van der Waals surface area contributed by atoms with E-state index in [-0.39, 0.29) is 18.3 Å². The summed E-state index contributed by atoms with van der Waals surface area (Å²) in [6, 6.07) is 15.3. The van der Waals surface area contributed by atoms with Crippen molar-refractivity contribution in [2.75, 3.05) is 33.3 Å². The van der Waals surface area contributed by atoms with Crippen LogP contribution in [0.1, 0.15) is 10.4 Å². The van der Waals surface area contributed by atoms with E-state index in [0.717, 1.165) is 31.9 Å². The first-order valence-corrected chi connectivity index (χ1v) is 8.09. The molecule has 6 heteroatoms. The maximum atomic E-state index is 12.5. The van der Waals surface area contributed by atoms with E-state index in [1.165, 1.54) is 10.6 Å². The van der Waals surface area contributed by atoms with Gasteiger partial charge in [0.1, 0.15) is 11.4 Å². The summed E-state index contributed by atoms with van der Waals surface area (Å²) in [6.07, 6.45) is 0. The lowest BCUT2D eigenvalue weighted by molar-refractivity contribution is -0.837. The average molecular weight is 367 g/mol. The third-order valence-electron chi connectivity index (χ3n) is 4.22. The quantitative estimate of drug-likeness (QED) is 0.757. The maximum absolute atomic E-state index is 12.5. The Morgan fingerprint density at radius 2 is 1.79 bits per heavy atom. The van der Waals surface area contributed by atoms with Gasteiger partial charge < -0.3 is 22.0 Å². The molecule has 1 aliphatic rings. The van der Waals surface area contributed by atoms with Crippen molar-refractivity contribution in [3.63, 3.8) is 0 Å². The second-order valence-corrected chi connectivity index (χ2v) is 6.07. The number of nitrogens with one attached hydrogen (secondary N) is 1. The second kappa shape index (κ2) is 8.38. The first kappa shape index (κ1) is 18.6. The van der Waals surface area contributed by atoms with E-state index in [0.29, 0.717) is 10.6 Å². The van der Waals surface area contributed by atoms with Crippen molar-refractivity contribution in [3.8, 4) is 5.75 Å². The highest BCUT2D eigenvalue weighted by Crippen LogP contribution is 2.14. The molecule has 1 aliphatic heterocycles. The highest BCUT2D eigenvalue weighted by atomic mass is 35.5. The lowest BCUT2D eigenvalue weighted by Gasteiger charge is -2.32. The molecule has 0 aromatic heterocycles. The zero-order valence-electron chi connectivity index (χ0n) is 13.5. The number of amides is 1. The van der Waals surface area contributed by atoms with Gasteiger partial charge in [0.25, 0.3) is 5.91 Å². The number of piperazine rings is 1. The number of ether oxygens (including phenoxy) is 1. The highest BCUT2D eigenvalue weighted by molar-refractivity contribution is 6.30. The van der Waals surface area contributed by atoms with Gasteiger partial charge in [-0.05, 0) is 30.3 Å². The minimum absolute atomic E-state index is 0. The normalized spacial score (nSPS) is 14.8. The monoisotopic (exact) mass is 366 g/mol. The van der Waals surface area contributed by atoms with Gasteiger partial charge in [-0.1, -0.05) is 17.7 Å². The molecule has 2 aromatic carbocycles. The Morgan fingerprint density at radius 1 is 1.12 bits per heavy atom. The summed E-state index contributed by atoms with van der Waals surface area (Å²) in [5.74, 6) is 0.921. The Morgan fingerprint density at radius 3 is 2.38 bits per heavy atom. The zero-order valence-corrected chi connectivity index (χ0v) is 15.0. The maximum Gasteiger partial charge on any atom is 0.254 e. The minimum Gasteiger partial charge on any atom is -1.00 e. The molecule has 4 nitrogen and oxygen atoms in total. The number of hydrogen-bond acceptors (Lipinski definition) is 2. The molecule has 0 atom stereocenters. The molecular weight excluding hydrogens is 347 g/mol. The summed E-state index contributed by atoms with van der Waals surface area (Å²) in [6.45, 7) is 3.29. The van der Waals surface area contributed by atoms with Crippen molar-refractivity contribution in [3.05, 3.63) is 59.1 Å². The van der Waals surface area contributed by atoms with Crippen LogP contribution in [0.25, 0.3) is 0 Å². The number of halogens is 2. The predicted molar refractivity (Wildman–Crippen MR) is 90.7 cm³/mol. The molecule has 0 spiro atoms. The lowest BCUT2D eigenvalue weighted by atomic mass is 10.1.